The minimum Gasteiger partial charge on any atom is -0.480 e. The predicted molar refractivity (Wildman–Crippen MR) is 80.8 cm³/mol. The van der Waals surface area contributed by atoms with Gasteiger partial charge in [0.05, 0.1) is 0 Å². The van der Waals surface area contributed by atoms with Crippen LogP contribution in [0.1, 0.15) is 52.9 Å². The van der Waals surface area contributed by atoms with Gasteiger partial charge in [0.2, 0.25) is 0 Å². The number of carboxylic acids is 1. The maximum atomic E-state index is 11.9. The third-order valence-electron chi connectivity index (χ3n) is 5.64. The van der Waals surface area contributed by atoms with E-state index < -0.39 is 11.5 Å². The average molecular weight is 282 g/mol. The Hall–Kier alpha value is -0.610. The lowest BCUT2D eigenvalue weighted by Gasteiger charge is -2.35. The van der Waals surface area contributed by atoms with Gasteiger partial charge in [0, 0.05) is 13.1 Å². The highest BCUT2D eigenvalue weighted by Gasteiger charge is 2.52. The van der Waals surface area contributed by atoms with E-state index in [2.05, 4.69) is 24.1 Å². The fourth-order valence-electron chi connectivity index (χ4n) is 3.88. The summed E-state index contributed by atoms with van der Waals surface area (Å²) in [5.74, 6) is -0.342. The van der Waals surface area contributed by atoms with Gasteiger partial charge in [0.25, 0.3) is 0 Å². The van der Waals surface area contributed by atoms with Crippen molar-refractivity contribution in [2.45, 2.75) is 58.4 Å². The first kappa shape index (κ1) is 15.8. The van der Waals surface area contributed by atoms with Gasteiger partial charge in [-0.25, -0.2) is 0 Å². The molecule has 0 bridgehead atoms. The van der Waals surface area contributed by atoms with Crippen LogP contribution in [-0.4, -0.2) is 47.7 Å². The second-order valence-electron chi connectivity index (χ2n) is 6.75. The molecule has 2 aliphatic rings. The van der Waals surface area contributed by atoms with Crippen LogP contribution in [0.2, 0.25) is 0 Å². The molecule has 1 aliphatic heterocycles. The maximum Gasteiger partial charge on any atom is 0.325 e. The molecule has 20 heavy (non-hydrogen) atoms. The molecule has 1 saturated carbocycles. The van der Waals surface area contributed by atoms with Crippen molar-refractivity contribution in [1.29, 1.82) is 0 Å². The molecule has 2 rings (SSSR count). The fourth-order valence-corrected chi connectivity index (χ4v) is 3.88. The van der Waals surface area contributed by atoms with E-state index in [1.165, 1.54) is 19.3 Å². The minimum atomic E-state index is -0.716. The maximum absolute atomic E-state index is 11.9. The van der Waals surface area contributed by atoms with E-state index in [0.717, 1.165) is 32.5 Å². The van der Waals surface area contributed by atoms with Crippen molar-refractivity contribution in [2.75, 3.05) is 26.2 Å². The van der Waals surface area contributed by atoms with Crippen LogP contribution in [0.5, 0.6) is 0 Å². The Bertz CT molecular complexity index is 350. The zero-order chi connectivity index (χ0) is 14.8. The molecule has 0 amide bonds. The summed E-state index contributed by atoms with van der Waals surface area (Å²) >= 11 is 0. The molecule has 2 fully saturated rings. The Balaban J connectivity index is 2.07. The molecular formula is C16H30N2O2. The van der Waals surface area contributed by atoms with E-state index >= 15 is 0 Å². The van der Waals surface area contributed by atoms with Crippen molar-refractivity contribution >= 4 is 5.97 Å². The number of hydrogen-bond acceptors (Lipinski definition) is 3. The lowest BCUT2D eigenvalue weighted by atomic mass is 9.82. The summed E-state index contributed by atoms with van der Waals surface area (Å²) in [7, 11) is 0. The number of nitrogens with one attached hydrogen (secondary N) is 1. The van der Waals surface area contributed by atoms with E-state index in [4.69, 9.17) is 0 Å². The summed E-state index contributed by atoms with van der Waals surface area (Å²) in [4.78, 5) is 14.3. The Morgan fingerprint density at radius 1 is 1.35 bits per heavy atom. The monoisotopic (exact) mass is 282 g/mol. The van der Waals surface area contributed by atoms with Crippen LogP contribution in [0, 0.1) is 11.3 Å². The van der Waals surface area contributed by atoms with Crippen LogP contribution in [0.25, 0.3) is 0 Å². The molecule has 0 radical (unpaired) electrons. The van der Waals surface area contributed by atoms with Crippen molar-refractivity contribution < 1.29 is 9.90 Å². The zero-order valence-corrected chi connectivity index (χ0v) is 13.2. The highest BCUT2D eigenvalue weighted by atomic mass is 16.4. The summed E-state index contributed by atoms with van der Waals surface area (Å²) in [6.45, 7) is 10.0. The van der Waals surface area contributed by atoms with Gasteiger partial charge in [-0.15, -0.1) is 0 Å². The molecule has 1 heterocycles. The summed E-state index contributed by atoms with van der Waals surface area (Å²) in [6.07, 6.45) is 5.72. The predicted octanol–water partition coefficient (Wildman–Crippen LogP) is 2.34. The van der Waals surface area contributed by atoms with Crippen molar-refractivity contribution in [1.82, 2.24) is 10.2 Å². The molecule has 1 saturated heterocycles. The second-order valence-corrected chi connectivity index (χ2v) is 6.75. The minimum absolute atomic E-state index is 0.318. The molecule has 0 aromatic rings. The van der Waals surface area contributed by atoms with E-state index in [9.17, 15) is 9.90 Å². The van der Waals surface area contributed by atoms with Crippen molar-refractivity contribution in [2.24, 2.45) is 11.3 Å². The normalized spacial score (nSPS) is 25.6. The lowest BCUT2D eigenvalue weighted by molar-refractivity contribution is -0.147. The smallest absolute Gasteiger partial charge is 0.325 e. The number of likely N-dealkylation sites (N-methyl/N-ethyl adjacent to an activating group) is 1. The number of aliphatic carboxylic acids is 1. The van der Waals surface area contributed by atoms with Crippen LogP contribution in [0.4, 0.5) is 0 Å². The van der Waals surface area contributed by atoms with Gasteiger partial charge in [-0.05, 0) is 56.5 Å². The molecule has 2 N–H and O–H groups in total. The van der Waals surface area contributed by atoms with E-state index in [0.29, 0.717) is 17.9 Å². The third kappa shape index (κ3) is 2.86. The number of carboxylic acid groups (broad SMARTS) is 1. The molecule has 0 aromatic carbocycles. The van der Waals surface area contributed by atoms with Crippen molar-refractivity contribution in [3.8, 4) is 0 Å². The SMILES string of the molecule is CCNC(CN1CCC(CC)(CC)C1)(C(=O)O)C1CC1. The van der Waals surface area contributed by atoms with Gasteiger partial charge in [-0.2, -0.15) is 0 Å². The molecule has 0 spiro atoms. The fraction of sp³-hybridized carbons (Fsp3) is 0.938. The van der Waals surface area contributed by atoms with Gasteiger partial charge in [-0.1, -0.05) is 20.8 Å². The third-order valence-corrected chi connectivity index (χ3v) is 5.64. The number of nitrogens with zero attached hydrogens (tertiary/aromatic N) is 1. The average Bonchev–Trinajstić information content (AvgIpc) is 3.21. The largest absolute Gasteiger partial charge is 0.480 e. The zero-order valence-electron chi connectivity index (χ0n) is 13.2. The van der Waals surface area contributed by atoms with E-state index in [-0.39, 0.29) is 0 Å². The number of hydrogen-bond donors (Lipinski definition) is 2. The van der Waals surface area contributed by atoms with Crippen molar-refractivity contribution in [3.05, 3.63) is 0 Å². The first-order valence-corrected chi connectivity index (χ1v) is 8.22. The molecule has 1 unspecified atom stereocenters. The Kier molecular flexibility index (Phi) is 4.75. The summed E-state index contributed by atoms with van der Waals surface area (Å²) in [5.41, 5.74) is -0.299. The van der Waals surface area contributed by atoms with Crippen LogP contribution < -0.4 is 5.32 Å². The second kappa shape index (κ2) is 6.02. The van der Waals surface area contributed by atoms with E-state index in [1.807, 2.05) is 6.92 Å². The Labute approximate surface area is 122 Å². The van der Waals surface area contributed by atoms with Crippen LogP contribution in [-0.2, 0) is 4.79 Å². The Morgan fingerprint density at radius 3 is 2.40 bits per heavy atom. The van der Waals surface area contributed by atoms with Gasteiger partial charge in [-0.3, -0.25) is 4.79 Å². The van der Waals surface area contributed by atoms with Crippen LogP contribution in [0.15, 0.2) is 0 Å². The van der Waals surface area contributed by atoms with Crippen molar-refractivity contribution in [3.63, 3.8) is 0 Å². The summed E-state index contributed by atoms with van der Waals surface area (Å²) in [6, 6.07) is 0. The van der Waals surface area contributed by atoms with Crippen LogP contribution >= 0.6 is 0 Å². The highest BCUT2D eigenvalue weighted by molar-refractivity contribution is 5.80. The summed E-state index contributed by atoms with van der Waals surface area (Å²) < 4.78 is 0. The first-order chi connectivity index (χ1) is 9.52. The molecule has 1 aliphatic carbocycles. The lowest BCUT2D eigenvalue weighted by Crippen LogP contribution is -2.60. The molecule has 0 aromatic heterocycles. The molecule has 1 atom stereocenters. The summed E-state index contributed by atoms with van der Waals surface area (Å²) in [5, 5.41) is 13.1. The molecule has 116 valence electrons. The van der Waals surface area contributed by atoms with Gasteiger partial charge in [0.1, 0.15) is 5.54 Å². The number of likely N-dealkylation sites (tertiary alicyclic amines) is 1. The topological polar surface area (TPSA) is 52.6 Å². The molecular weight excluding hydrogens is 252 g/mol. The van der Waals surface area contributed by atoms with Gasteiger partial charge < -0.3 is 15.3 Å². The van der Waals surface area contributed by atoms with Gasteiger partial charge in [0.15, 0.2) is 0 Å². The molecule has 4 nitrogen and oxygen atoms in total. The molecule has 4 heteroatoms. The quantitative estimate of drug-likeness (QED) is 0.717. The van der Waals surface area contributed by atoms with E-state index in [1.54, 1.807) is 0 Å². The number of rotatable bonds is 8. The van der Waals surface area contributed by atoms with Crippen LogP contribution in [0.3, 0.4) is 0 Å². The highest BCUT2D eigenvalue weighted by Crippen LogP contribution is 2.43. The van der Waals surface area contributed by atoms with Gasteiger partial charge >= 0.3 is 5.97 Å². The number of carbonyl (C=O) groups is 1. The first-order valence-electron chi connectivity index (χ1n) is 8.22. The standard InChI is InChI=1S/C16H30N2O2/c1-4-15(5-2)9-10-18(11-15)12-16(14(19)20,17-6-3)13-7-8-13/h13,17H,4-12H2,1-3H3,(H,19,20). The Morgan fingerprint density at radius 2 is 2.00 bits per heavy atom.